The van der Waals surface area contributed by atoms with E-state index in [1.54, 1.807) is 0 Å². The smallest absolute Gasteiger partial charge is 0.305 e. The van der Waals surface area contributed by atoms with Crippen LogP contribution in [0.4, 0.5) is 0 Å². The van der Waals surface area contributed by atoms with E-state index in [4.69, 9.17) is 4.74 Å². The standard InChI is InChI=1S/C80H151NO5/c1-3-5-7-9-11-13-15-17-19-20-43-46-50-54-58-62-66-70-74-80(85)86-75-71-67-63-59-55-51-47-44-41-39-37-35-33-31-29-27-25-23-21-22-24-26-28-30-32-34-36-38-40-42-45-49-53-57-61-65-69-73-79(84)81-77(76-82)78(83)72-68-64-60-56-52-48-18-16-14-12-10-8-6-4-2/h13,15,19-21,23,27,29,77-78,82-83H,3-12,14,16-18,22,24-26,28,30-76H2,1-2H3,(H,81,84)/b15-13-,20-19-,23-21-,29-27-. The highest BCUT2D eigenvalue weighted by Crippen LogP contribution is 2.19. The van der Waals surface area contributed by atoms with Crippen molar-refractivity contribution >= 4 is 11.9 Å². The number of aliphatic hydroxyl groups excluding tert-OH is 2. The molecule has 2 unspecified atom stereocenters. The maximum Gasteiger partial charge on any atom is 0.305 e. The fourth-order valence-corrected chi connectivity index (χ4v) is 12.2. The molecule has 86 heavy (non-hydrogen) atoms. The second-order valence-electron chi connectivity index (χ2n) is 26.7. The van der Waals surface area contributed by atoms with Crippen molar-refractivity contribution in [3.63, 3.8) is 0 Å². The summed E-state index contributed by atoms with van der Waals surface area (Å²) in [7, 11) is 0. The lowest BCUT2D eigenvalue weighted by atomic mass is 10.0. The molecule has 6 heteroatoms. The summed E-state index contributed by atoms with van der Waals surface area (Å²) in [5.41, 5.74) is 0. The van der Waals surface area contributed by atoms with Crippen LogP contribution in [-0.2, 0) is 14.3 Å². The normalized spacial score (nSPS) is 12.7. The van der Waals surface area contributed by atoms with Crippen molar-refractivity contribution in [2.75, 3.05) is 13.2 Å². The summed E-state index contributed by atoms with van der Waals surface area (Å²) in [5.74, 6) is -0.0181. The first-order chi connectivity index (χ1) is 42.5. The Balaban J connectivity index is 3.35. The molecule has 0 saturated carbocycles. The summed E-state index contributed by atoms with van der Waals surface area (Å²) in [6.07, 6.45) is 99.1. The first-order valence-electron chi connectivity index (χ1n) is 38.9. The van der Waals surface area contributed by atoms with E-state index in [-0.39, 0.29) is 18.5 Å². The number of carbonyl (C=O) groups excluding carboxylic acids is 2. The van der Waals surface area contributed by atoms with E-state index in [0.29, 0.717) is 25.9 Å². The monoisotopic (exact) mass is 1210 g/mol. The number of aliphatic hydroxyl groups is 2. The minimum atomic E-state index is -0.662. The average molecular weight is 1210 g/mol. The molecule has 0 heterocycles. The van der Waals surface area contributed by atoms with Crippen LogP contribution in [0.15, 0.2) is 48.6 Å². The van der Waals surface area contributed by atoms with Gasteiger partial charge in [0.15, 0.2) is 0 Å². The molecular weight excluding hydrogens is 1050 g/mol. The number of ether oxygens (including phenoxy) is 1. The number of unbranched alkanes of at least 4 members (excludes halogenated alkanes) is 54. The van der Waals surface area contributed by atoms with Crippen LogP contribution in [0.25, 0.3) is 0 Å². The van der Waals surface area contributed by atoms with E-state index in [1.165, 1.54) is 334 Å². The Labute approximate surface area is 537 Å². The molecule has 0 bridgehead atoms. The quantitative estimate of drug-likeness (QED) is 0.0320. The van der Waals surface area contributed by atoms with Gasteiger partial charge in [-0.1, -0.05) is 371 Å². The molecule has 0 aliphatic rings. The third kappa shape index (κ3) is 70.9. The molecule has 0 spiro atoms. The van der Waals surface area contributed by atoms with Crippen LogP contribution in [0.1, 0.15) is 425 Å². The van der Waals surface area contributed by atoms with E-state index >= 15 is 0 Å². The summed E-state index contributed by atoms with van der Waals surface area (Å²) in [4.78, 5) is 24.6. The Morgan fingerprint density at radius 3 is 0.895 bits per heavy atom. The highest BCUT2D eigenvalue weighted by molar-refractivity contribution is 5.76. The fraction of sp³-hybridized carbons (Fsp3) is 0.875. The molecule has 0 aromatic carbocycles. The molecule has 0 aromatic heterocycles. The molecule has 0 radical (unpaired) electrons. The van der Waals surface area contributed by atoms with Crippen LogP contribution < -0.4 is 5.32 Å². The first-order valence-corrected chi connectivity index (χ1v) is 38.9. The molecule has 0 aliphatic carbocycles. The van der Waals surface area contributed by atoms with E-state index < -0.39 is 12.1 Å². The molecule has 0 aliphatic heterocycles. The van der Waals surface area contributed by atoms with Crippen LogP contribution >= 0.6 is 0 Å². The Hall–Kier alpha value is -2.18. The lowest BCUT2D eigenvalue weighted by molar-refractivity contribution is -0.143. The maximum absolute atomic E-state index is 12.5. The Bertz CT molecular complexity index is 1440. The van der Waals surface area contributed by atoms with Crippen molar-refractivity contribution in [3.05, 3.63) is 48.6 Å². The topological polar surface area (TPSA) is 95.9 Å². The number of esters is 1. The highest BCUT2D eigenvalue weighted by Gasteiger charge is 2.20. The predicted molar refractivity (Wildman–Crippen MR) is 379 cm³/mol. The van der Waals surface area contributed by atoms with Crippen molar-refractivity contribution in [3.8, 4) is 0 Å². The SMILES string of the molecule is CCCCCC/C=C\C/C=C\CCCCCCCCCC(=O)OCCCCCCCCCCCCCCC/C=C\C/C=C\CCCCCCCCCCCCCCCCCCCC(=O)NC(CO)C(O)CCCCCCCCCCCCCCCC. The number of amides is 1. The summed E-state index contributed by atoms with van der Waals surface area (Å²) >= 11 is 0. The van der Waals surface area contributed by atoms with Crippen LogP contribution in [0, 0.1) is 0 Å². The van der Waals surface area contributed by atoms with Gasteiger partial charge in [0.1, 0.15) is 0 Å². The molecule has 6 nitrogen and oxygen atoms in total. The van der Waals surface area contributed by atoms with Crippen molar-refractivity contribution in [1.29, 1.82) is 0 Å². The van der Waals surface area contributed by atoms with E-state index in [1.807, 2.05) is 0 Å². The van der Waals surface area contributed by atoms with Gasteiger partial charge in [-0.25, -0.2) is 0 Å². The van der Waals surface area contributed by atoms with E-state index in [0.717, 1.165) is 57.8 Å². The molecule has 0 aromatic rings. The minimum Gasteiger partial charge on any atom is -0.466 e. The number of nitrogens with one attached hydrogen (secondary N) is 1. The average Bonchev–Trinajstić information content (AvgIpc) is 3.51. The number of allylic oxidation sites excluding steroid dienone is 8. The van der Waals surface area contributed by atoms with Gasteiger partial charge >= 0.3 is 5.97 Å². The number of rotatable bonds is 73. The van der Waals surface area contributed by atoms with Crippen molar-refractivity contribution in [2.45, 2.75) is 437 Å². The number of hydrogen-bond donors (Lipinski definition) is 3. The lowest BCUT2D eigenvalue weighted by Gasteiger charge is -2.22. The molecule has 0 saturated heterocycles. The molecule has 2 atom stereocenters. The molecule has 1 amide bonds. The zero-order valence-electron chi connectivity index (χ0n) is 58.1. The van der Waals surface area contributed by atoms with Gasteiger partial charge in [-0.2, -0.15) is 0 Å². The zero-order chi connectivity index (χ0) is 62.0. The molecule has 0 rings (SSSR count). The molecular formula is C80H151NO5. The Kier molecular flexibility index (Phi) is 73.4. The molecule has 3 N–H and O–H groups in total. The minimum absolute atomic E-state index is 0.0117. The zero-order valence-corrected chi connectivity index (χ0v) is 58.1. The largest absolute Gasteiger partial charge is 0.466 e. The first kappa shape index (κ1) is 83.8. The molecule has 0 fully saturated rings. The lowest BCUT2D eigenvalue weighted by Crippen LogP contribution is -2.45. The summed E-state index contributed by atoms with van der Waals surface area (Å²) < 4.78 is 5.51. The summed E-state index contributed by atoms with van der Waals surface area (Å²) in [6, 6.07) is -0.539. The Morgan fingerprint density at radius 2 is 0.581 bits per heavy atom. The van der Waals surface area contributed by atoms with Crippen molar-refractivity contribution in [2.24, 2.45) is 0 Å². The van der Waals surface area contributed by atoms with Gasteiger partial charge in [0.2, 0.25) is 5.91 Å². The number of hydrogen-bond acceptors (Lipinski definition) is 5. The van der Waals surface area contributed by atoms with Crippen molar-refractivity contribution in [1.82, 2.24) is 5.32 Å². The van der Waals surface area contributed by atoms with Crippen molar-refractivity contribution < 1.29 is 24.5 Å². The Morgan fingerprint density at radius 1 is 0.326 bits per heavy atom. The fourth-order valence-electron chi connectivity index (χ4n) is 12.2. The van der Waals surface area contributed by atoms with Gasteiger partial charge < -0.3 is 20.3 Å². The van der Waals surface area contributed by atoms with Gasteiger partial charge in [0.05, 0.1) is 25.4 Å². The number of carbonyl (C=O) groups is 2. The summed E-state index contributed by atoms with van der Waals surface area (Å²) in [6.45, 7) is 4.96. The van der Waals surface area contributed by atoms with Crippen LogP contribution in [0.5, 0.6) is 0 Å². The third-order valence-electron chi connectivity index (χ3n) is 18.1. The second kappa shape index (κ2) is 75.3. The van der Waals surface area contributed by atoms with E-state index in [9.17, 15) is 19.8 Å². The van der Waals surface area contributed by atoms with Gasteiger partial charge in [-0.3, -0.25) is 9.59 Å². The highest BCUT2D eigenvalue weighted by atomic mass is 16.5. The van der Waals surface area contributed by atoms with Gasteiger partial charge in [-0.05, 0) is 89.9 Å². The third-order valence-corrected chi connectivity index (χ3v) is 18.1. The maximum atomic E-state index is 12.5. The summed E-state index contributed by atoms with van der Waals surface area (Å²) in [5, 5.41) is 23.3. The van der Waals surface area contributed by atoms with E-state index in [2.05, 4.69) is 67.8 Å². The predicted octanol–water partition coefficient (Wildman–Crippen LogP) is 25.6. The van der Waals surface area contributed by atoms with Gasteiger partial charge in [0, 0.05) is 12.8 Å². The van der Waals surface area contributed by atoms with Gasteiger partial charge in [0.25, 0.3) is 0 Å². The second-order valence-corrected chi connectivity index (χ2v) is 26.7. The molecule has 506 valence electrons. The van der Waals surface area contributed by atoms with Crippen LogP contribution in [0.3, 0.4) is 0 Å². The van der Waals surface area contributed by atoms with Crippen LogP contribution in [0.2, 0.25) is 0 Å². The van der Waals surface area contributed by atoms with Gasteiger partial charge in [-0.15, -0.1) is 0 Å². The van der Waals surface area contributed by atoms with Crippen LogP contribution in [-0.4, -0.2) is 47.4 Å².